The van der Waals surface area contributed by atoms with Gasteiger partial charge in [-0.1, -0.05) is 25.3 Å². The number of aromatic nitrogens is 2. The summed E-state index contributed by atoms with van der Waals surface area (Å²) in [5, 5.41) is 0. The number of aromatic amines is 1. The first kappa shape index (κ1) is 10.7. The molecule has 1 fully saturated rings. The summed E-state index contributed by atoms with van der Waals surface area (Å²) in [6, 6.07) is 4.95. The summed E-state index contributed by atoms with van der Waals surface area (Å²) in [4.78, 5) is 7.52. The van der Waals surface area contributed by atoms with Gasteiger partial charge < -0.3 is 10.7 Å². The Kier molecular flexibility index (Phi) is 2.40. The number of halogens is 1. The summed E-state index contributed by atoms with van der Waals surface area (Å²) in [7, 11) is 0. The first-order valence-corrected chi connectivity index (χ1v) is 6.13. The third-order valence-corrected chi connectivity index (χ3v) is 3.68. The maximum absolute atomic E-state index is 13.6. The highest BCUT2D eigenvalue weighted by atomic mass is 19.1. The standard InChI is InChI=1S/C13H16FN3/c14-9-5-4-6-10-11(9)17-12(16-10)13(15)7-2-1-3-8-13/h4-6H,1-3,7-8,15H2,(H,16,17). The van der Waals surface area contributed by atoms with Crippen LogP contribution in [0.4, 0.5) is 4.39 Å². The molecule has 1 aromatic heterocycles. The number of fused-ring (bicyclic) bond motifs is 1. The number of hydrogen-bond acceptors (Lipinski definition) is 2. The second kappa shape index (κ2) is 3.81. The van der Waals surface area contributed by atoms with Gasteiger partial charge in [-0.05, 0) is 25.0 Å². The Labute approximate surface area is 99.2 Å². The van der Waals surface area contributed by atoms with Crippen LogP contribution in [0.3, 0.4) is 0 Å². The first-order chi connectivity index (χ1) is 8.19. The molecule has 90 valence electrons. The number of nitrogens with two attached hydrogens (primary N) is 1. The van der Waals surface area contributed by atoms with Gasteiger partial charge in [0.25, 0.3) is 0 Å². The topological polar surface area (TPSA) is 54.7 Å². The quantitative estimate of drug-likeness (QED) is 0.795. The van der Waals surface area contributed by atoms with Gasteiger partial charge in [-0.2, -0.15) is 0 Å². The summed E-state index contributed by atoms with van der Waals surface area (Å²) in [5.41, 5.74) is 7.11. The van der Waals surface area contributed by atoms with Crippen LogP contribution in [0.5, 0.6) is 0 Å². The number of nitrogens with one attached hydrogen (secondary N) is 1. The molecule has 17 heavy (non-hydrogen) atoms. The molecule has 0 spiro atoms. The van der Waals surface area contributed by atoms with Crippen LogP contribution >= 0.6 is 0 Å². The fourth-order valence-corrected chi connectivity index (χ4v) is 2.65. The molecular weight excluding hydrogens is 217 g/mol. The molecular formula is C13H16FN3. The Balaban J connectivity index is 2.08. The molecule has 1 aliphatic rings. The SMILES string of the molecule is NC1(c2nc3c(F)cccc3[nH]2)CCCCC1. The third kappa shape index (κ3) is 1.72. The molecule has 3 nitrogen and oxygen atoms in total. The van der Waals surface area contributed by atoms with Crippen LogP contribution in [-0.2, 0) is 5.54 Å². The van der Waals surface area contributed by atoms with E-state index in [0.29, 0.717) is 5.52 Å². The Bertz CT molecular complexity index is 541. The lowest BCUT2D eigenvalue weighted by atomic mass is 9.82. The Morgan fingerprint density at radius 3 is 2.71 bits per heavy atom. The molecule has 0 radical (unpaired) electrons. The van der Waals surface area contributed by atoms with E-state index in [2.05, 4.69) is 9.97 Å². The molecule has 0 bridgehead atoms. The van der Waals surface area contributed by atoms with Crippen molar-refractivity contribution < 1.29 is 4.39 Å². The van der Waals surface area contributed by atoms with Crippen molar-refractivity contribution in [2.24, 2.45) is 5.73 Å². The smallest absolute Gasteiger partial charge is 0.151 e. The summed E-state index contributed by atoms with van der Waals surface area (Å²) in [5.74, 6) is 0.446. The van der Waals surface area contributed by atoms with Gasteiger partial charge in [0.2, 0.25) is 0 Å². The average molecular weight is 233 g/mol. The summed E-state index contributed by atoms with van der Waals surface area (Å²) in [6.45, 7) is 0. The van der Waals surface area contributed by atoms with E-state index in [-0.39, 0.29) is 5.82 Å². The molecule has 1 saturated carbocycles. The van der Waals surface area contributed by atoms with Crippen molar-refractivity contribution in [3.05, 3.63) is 29.8 Å². The number of nitrogens with zero attached hydrogens (tertiary/aromatic N) is 1. The van der Waals surface area contributed by atoms with Gasteiger partial charge in [0, 0.05) is 0 Å². The van der Waals surface area contributed by atoms with Gasteiger partial charge in [0.15, 0.2) is 5.82 Å². The van der Waals surface area contributed by atoms with Crippen LogP contribution in [0, 0.1) is 5.82 Å². The van der Waals surface area contributed by atoms with Gasteiger partial charge in [0.1, 0.15) is 11.3 Å². The van der Waals surface area contributed by atoms with Crippen LogP contribution in [0.15, 0.2) is 18.2 Å². The molecule has 4 heteroatoms. The number of rotatable bonds is 1. The normalized spacial score (nSPS) is 19.6. The molecule has 1 aromatic carbocycles. The van der Waals surface area contributed by atoms with Crippen molar-refractivity contribution in [3.63, 3.8) is 0 Å². The molecule has 0 aliphatic heterocycles. The average Bonchev–Trinajstić information content (AvgIpc) is 2.76. The summed E-state index contributed by atoms with van der Waals surface area (Å²) in [6.07, 6.45) is 5.32. The molecule has 2 aromatic rings. The van der Waals surface area contributed by atoms with Gasteiger partial charge in [-0.25, -0.2) is 9.37 Å². The van der Waals surface area contributed by atoms with E-state index >= 15 is 0 Å². The Morgan fingerprint density at radius 1 is 1.24 bits per heavy atom. The number of benzene rings is 1. The summed E-state index contributed by atoms with van der Waals surface area (Å²) >= 11 is 0. The van der Waals surface area contributed by atoms with Crippen molar-refractivity contribution in [3.8, 4) is 0 Å². The van der Waals surface area contributed by atoms with E-state index in [0.717, 1.165) is 37.0 Å². The van der Waals surface area contributed by atoms with Crippen molar-refractivity contribution >= 4 is 11.0 Å². The molecule has 0 saturated heterocycles. The first-order valence-electron chi connectivity index (χ1n) is 6.13. The van der Waals surface area contributed by atoms with E-state index in [9.17, 15) is 4.39 Å². The van der Waals surface area contributed by atoms with Crippen LogP contribution in [-0.4, -0.2) is 9.97 Å². The zero-order chi connectivity index (χ0) is 11.9. The minimum atomic E-state index is -0.399. The van der Waals surface area contributed by atoms with Crippen molar-refractivity contribution in [2.45, 2.75) is 37.6 Å². The van der Waals surface area contributed by atoms with Crippen LogP contribution in [0.1, 0.15) is 37.9 Å². The molecule has 3 N–H and O–H groups in total. The minimum Gasteiger partial charge on any atom is -0.340 e. The van der Waals surface area contributed by atoms with Gasteiger partial charge >= 0.3 is 0 Å². The second-order valence-corrected chi connectivity index (χ2v) is 4.94. The maximum Gasteiger partial charge on any atom is 0.151 e. The monoisotopic (exact) mass is 233 g/mol. The molecule has 3 rings (SSSR count). The predicted molar refractivity (Wildman–Crippen MR) is 65.0 cm³/mol. The fraction of sp³-hybridized carbons (Fsp3) is 0.462. The van der Waals surface area contributed by atoms with E-state index < -0.39 is 5.54 Å². The summed E-state index contributed by atoms with van der Waals surface area (Å²) < 4.78 is 13.6. The number of hydrogen-bond donors (Lipinski definition) is 2. The van der Waals surface area contributed by atoms with Crippen LogP contribution in [0.25, 0.3) is 11.0 Å². The van der Waals surface area contributed by atoms with Crippen LogP contribution in [0.2, 0.25) is 0 Å². The highest BCUT2D eigenvalue weighted by Crippen LogP contribution is 2.34. The van der Waals surface area contributed by atoms with E-state index in [1.807, 2.05) is 6.07 Å². The van der Waals surface area contributed by atoms with Crippen molar-refractivity contribution in [1.82, 2.24) is 9.97 Å². The highest BCUT2D eigenvalue weighted by molar-refractivity contribution is 5.75. The number of para-hydroxylation sites is 1. The fourth-order valence-electron chi connectivity index (χ4n) is 2.65. The lowest BCUT2D eigenvalue weighted by Gasteiger charge is -2.31. The van der Waals surface area contributed by atoms with Crippen LogP contribution < -0.4 is 5.73 Å². The molecule has 0 unspecified atom stereocenters. The molecule has 0 amide bonds. The zero-order valence-corrected chi connectivity index (χ0v) is 9.67. The van der Waals surface area contributed by atoms with Crippen molar-refractivity contribution in [2.75, 3.05) is 0 Å². The Hall–Kier alpha value is -1.42. The number of imidazole rings is 1. The predicted octanol–water partition coefficient (Wildman–Crippen LogP) is 2.82. The lowest BCUT2D eigenvalue weighted by molar-refractivity contribution is 0.289. The zero-order valence-electron chi connectivity index (χ0n) is 9.67. The molecule has 0 atom stereocenters. The highest BCUT2D eigenvalue weighted by Gasteiger charge is 2.32. The number of H-pyrrole nitrogens is 1. The van der Waals surface area contributed by atoms with Gasteiger partial charge in [-0.15, -0.1) is 0 Å². The minimum absolute atomic E-state index is 0.288. The third-order valence-electron chi connectivity index (χ3n) is 3.68. The van der Waals surface area contributed by atoms with Gasteiger partial charge in [-0.3, -0.25) is 0 Å². The van der Waals surface area contributed by atoms with E-state index in [1.54, 1.807) is 6.07 Å². The van der Waals surface area contributed by atoms with E-state index in [4.69, 9.17) is 5.73 Å². The largest absolute Gasteiger partial charge is 0.340 e. The molecule has 1 heterocycles. The second-order valence-electron chi connectivity index (χ2n) is 4.94. The maximum atomic E-state index is 13.6. The molecule has 1 aliphatic carbocycles. The Morgan fingerprint density at radius 2 is 2.00 bits per heavy atom. The van der Waals surface area contributed by atoms with E-state index in [1.165, 1.54) is 12.5 Å². The van der Waals surface area contributed by atoms with Gasteiger partial charge in [0.05, 0.1) is 11.1 Å². The lowest BCUT2D eigenvalue weighted by Crippen LogP contribution is -2.39. The van der Waals surface area contributed by atoms with Crippen molar-refractivity contribution in [1.29, 1.82) is 0 Å².